The van der Waals surface area contributed by atoms with Crippen LogP contribution >= 0.6 is 0 Å². The first-order valence-electron chi connectivity index (χ1n) is 9.68. The summed E-state index contributed by atoms with van der Waals surface area (Å²) < 4.78 is 32.1. The second kappa shape index (κ2) is 7.93. The Morgan fingerprint density at radius 1 is 1.11 bits per heavy atom. The van der Waals surface area contributed by atoms with Crippen molar-refractivity contribution in [3.63, 3.8) is 0 Å². The Kier molecular flexibility index (Phi) is 5.80. The highest BCUT2D eigenvalue weighted by molar-refractivity contribution is 7.91. The molecule has 146 valence electrons. The van der Waals surface area contributed by atoms with Gasteiger partial charge < -0.3 is 9.64 Å². The zero-order valence-corrected chi connectivity index (χ0v) is 17.3. The predicted octanol–water partition coefficient (Wildman–Crippen LogP) is 5.21. The molecule has 0 saturated carbocycles. The molecule has 0 fully saturated rings. The van der Waals surface area contributed by atoms with E-state index in [2.05, 4.69) is 18.7 Å². The molecule has 1 aliphatic heterocycles. The Morgan fingerprint density at radius 2 is 1.85 bits per heavy atom. The molecule has 1 heterocycles. The number of anilines is 2. The number of nitrogens with zero attached hydrogens (tertiary/aromatic N) is 1. The zero-order valence-electron chi connectivity index (χ0n) is 16.4. The van der Waals surface area contributed by atoms with E-state index in [1.54, 1.807) is 19.2 Å². The third-order valence-corrected chi connectivity index (χ3v) is 7.67. The molecular formula is C22H29NO3S. The van der Waals surface area contributed by atoms with Crippen molar-refractivity contribution >= 4 is 21.2 Å². The molecule has 0 saturated heterocycles. The van der Waals surface area contributed by atoms with E-state index in [-0.39, 0.29) is 11.2 Å². The van der Waals surface area contributed by atoms with Gasteiger partial charge in [-0.25, -0.2) is 8.42 Å². The minimum absolute atomic E-state index is 0.194. The molecule has 1 aliphatic rings. The van der Waals surface area contributed by atoms with E-state index in [0.29, 0.717) is 22.9 Å². The molecule has 1 unspecified atom stereocenters. The van der Waals surface area contributed by atoms with E-state index in [1.165, 1.54) is 0 Å². The van der Waals surface area contributed by atoms with E-state index in [1.807, 2.05) is 36.4 Å². The maximum atomic E-state index is 13.3. The van der Waals surface area contributed by atoms with Crippen LogP contribution < -0.4 is 9.64 Å². The first-order valence-corrected chi connectivity index (χ1v) is 11.3. The summed E-state index contributed by atoms with van der Waals surface area (Å²) in [7, 11) is -1.78. The Hall–Kier alpha value is -2.01. The average molecular weight is 388 g/mol. The van der Waals surface area contributed by atoms with Crippen LogP contribution in [0, 0.1) is 5.41 Å². The summed E-state index contributed by atoms with van der Waals surface area (Å²) in [6, 6.07) is 15.3. The number of benzene rings is 2. The smallest absolute Gasteiger partial charge is 0.181 e. The summed E-state index contributed by atoms with van der Waals surface area (Å²) in [4.78, 5) is 2.57. The van der Waals surface area contributed by atoms with Gasteiger partial charge in [-0.05, 0) is 37.1 Å². The summed E-state index contributed by atoms with van der Waals surface area (Å²) in [5.41, 5.74) is 1.46. The summed E-state index contributed by atoms with van der Waals surface area (Å²) >= 11 is 0. The van der Waals surface area contributed by atoms with Crippen molar-refractivity contribution in [3.05, 3.63) is 48.5 Å². The summed E-state index contributed by atoms with van der Waals surface area (Å²) in [6.07, 6.45) is 3.84. The number of rotatable bonds is 6. The molecular weight excluding hydrogens is 358 g/mol. The lowest BCUT2D eigenvalue weighted by atomic mass is 9.81. The van der Waals surface area contributed by atoms with Gasteiger partial charge in [0, 0.05) is 23.7 Å². The summed E-state index contributed by atoms with van der Waals surface area (Å²) in [5.74, 6) is 0.863. The molecule has 0 bridgehead atoms. The lowest BCUT2D eigenvalue weighted by Gasteiger charge is -2.36. The molecule has 0 N–H and O–H groups in total. The van der Waals surface area contributed by atoms with Gasteiger partial charge in [-0.2, -0.15) is 0 Å². The van der Waals surface area contributed by atoms with Gasteiger partial charge in [0.2, 0.25) is 0 Å². The van der Waals surface area contributed by atoms with E-state index in [0.717, 1.165) is 31.4 Å². The van der Waals surface area contributed by atoms with Crippen molar-refractivity contribution in [3.8, 4) is 5.75 Å². The molecule has 2 aromatic carbocycles. The van der Waals surface area contributed by atoms with Crippen LogP contribution in [-0.4, -0.2) is 27.8 Å². The fraction of sp³-hybridized carbons (Fsp3) is 0.455. The lowest BCUT2D eigenvalue weighted by molar-refractivity contribution is 0.290. The second-order valence-electron chi connectivity index (χ2n) is 7.47. The van der Waals surface area contributed by atoms with Crippen molar-refractivity contribution < 1.29 is 13.2 Å². The SMILES string of the molecule is CCCCC1(CC)CN(c2ccccc2)c2cc(OC)ccc2S(=O)(=O)C1. The summed E-state index contributed by atoms with van der Waals surface area (Å²) in [5, 5.41) is 0. The van der Waals surface area contributed by atoms with E-state index in [9.17, 15) is 8.42 Å². The monoisotopic (exact) mass is 387 g/mol. The standard InChI is InChI=1S/C22H29NO3S/c1-4-6-14-22(5-2)16-23(18-10-8-7-9-11-18)20-15-19(26-3)12-13-21(20)27(24,25)17-22/h7-13,15H,4-6,14,16-17H2,1-3H3. The van der Waals surface area contributed by atoms with Crippen molar-refractivity contribution in [2.75, 3.05) is 24.3 Å². The van der Waals surface area contributed by atoms with Gasteiger partial charge in [0.05, 0.1) is 23.4 Å². The van der Waals surface area contributed by atoms with E-state index < -0.39 is 9.84 Å². The topological polar surface area (TPSA) is 46.6 Å². The minimum atomic E-state index is -3.39. The Labute approximate surface area is 163 Å². The number of ether oxygens (including phenoxy) is 1. The van der Waals surface area contributed by atoms with E-state index >= 15 is 0 Å². The Bertz CT molecular complexity index is 880. The molecule has 0 spiro atoms. The first-order chi connectivity index (χ1) is 12.9. The molecule has 0 aromatic heterocycles. The molecule has 27 heavy (non-hydrogen) atoms. The number of para-hydroxylation sites is 1. The van der Waals surface area contributed by atoms with Crippen molar-refractivity contribution in [1.29, 1.82) is 0 Å². The minimum Gasteiger partial charge on any atom is -0.497 e. The third kappa shape index (κ3) is 3.98. The van der Waals surface area contributed by atoms with Crippen LogP contribution in [0.15, 0.2) is 53.4 Å². The molecule has 4 nitrogen and oxygen atoms in total. The molecule has 1 atom stereocenters. The van der Waals surface area contributed by atoms with Crippen LogP contribution in [0.4, 0.5) is 11.4 Å². The Balaban J connectivity index is 2.21. The van der Waals surface area contributed by atoms with Crippen LogP contribution in [0.2, 0.25) is 0 Å². The fourth-order valence-electron chi connectivity index (χ4n) is 3.98. The van der Waals surface area contributed by atoms with Crippen LogP contribution in [0.25, 0.3) is 0 Å². The van der Waals surface area contributed by atoms with E-state index in [4.69, 9.17) is 4.74 Å². The maximum absolute atomic E-state index is 13.3. The van der Waals surface area contributed by atoms with Gasteiger partial charge in [0.1, 0.15) is 5.75 Å². The van der Waals surface area contributed by atoms with Gasteiger partial charge in [-0.15, -0.1) is 0 Å². The number of sulfone groups is 1. The summed E-state index contributed by atoms with van der Waals surface area (Å²) in [6.45, 7) is 4.96. The van der Waals surface area contributed by atoms with Crippen molar-refractivity contribution in [2.45, 2.75) is 44.4 Å². The molecule has 0 aliphatic carbocycles. The molecule has 3 rings (SSSR count). The maximum Gasteiger partial charge on any atom is 0.181 e. The highest BCUT2D eigenvalue weighted by Crippen LogP contribution is 2.44. The predicted molar refractivity (Wildman–Crippen MR) is 111 cm³/mol. The van der Waals surface area contributed by atoms with Crippen LogP contribution in [0.1, 0.15) is 39.5 Å². The zero-order chi connectivity index (χ0) is 19.5. The van der Waals surface area contributed by atoms with Crippen LogP contribution in [0.3, 0.4) is 0 Å². The van der Waals surface area contributed by atoms with Crippen LogP contribution in [-0.2, 0) is 9.84 Å². The molecule has 0 radical (unpaired) electrons. The lowest BCUT2D eigenvalue weighted by Crippen LogP contribution is -2.37. The number of fused-ring (bicyclic) bond motifs is 1. The highest BCUT2D eigenvalue weighted by Gasteiger charge is 2.41. The third-order valence-electron chi connectivity index (χ3n) is 5.66. The van der Waals surface area contributed by atoms with Gasteiger partial charge in [0.25, 0.3) is 0 Å². The Morgan fingerprint density at radius 3 is 2.48 bits per heavy atom. The number of hydrogen-bond donors (Lipinski definition) is 0. The van der Waals surface area contributed by atoms with Crippen LogP contribution in [0.5, 0.6) is 5.75 Å². The quantitative estimate of drug-likeness (QED) is 0.683. The van der Waals surface area contributed by atoms with Gasteiger partial charge in [0.15, 0.2) is 9.84 Å². The molecule has 2 aromatic rings. The average Bonchev–Trinajstić information content (AvgIpc) is 2.79. The number of unbranched alkanes of at least 4 members (excludes halogenated alkanes) is 1. The first kappa shape index (κ1) is 19.7. The van der Waals surface area contributed by atoms with Crippen molar-refractivity contribution in [2.24, 2.45) is 5.41 Å². The highest BCUT2D eigenvalue weighted by atomic mass is 32.2. The molecule has 5 heteroatoms. The normalized spacial score (nSPS) is 21.4. The van der Waals surface area contributed by atoms with Gasteiger partial charge >= 0.3 is 0 Å². The second-order valence-corrected chi connectivity index (χ2v) is 9.43. The number of hydrogen-bond acceptors (Lipinski definition) is 4. The van der Waals surface area contributed by atoms with Gasteiger partial charge in [-0.3, -0.25) is 0 Å². The van der Waals surface area contributed by atoms with Crippen molar-refractivity contribution in [1.82, 2.24) is 0 Å². The fourth-order valence-corrected chi connectivity index (χ4v) is 6.14. The largest absolute Gasteiger partial charge is 0.497 e. The molecule has 0 amide bonds. The van der Waals surface area contributed by atoms with Gasteiger partial charge in [-0.1, -0.05) is 44.9 Å². The number of methoxy groups -OCH3 is 1.